The van der Waals surface area contributed by atoms with E-state index in [2.05, 4.69) is 15.4 Å². The van der Waals surface area contributed by atoms with Crippen LogP contribution in [0.5, 0.6) is 11.5 Å². The minimum absolute atomic E-state index is 0.0419. The monoisotopic (exact) mass is 378 g/mol. The van der Waals surface area contributed by atoms with Crippen molar-refractivity contribution in [3.8, 4) is 11.5 Å². The summed E-state index contributed by atoms with van der Waals surface area (Å²) in [5.74, 6) is -0.308. The molecule has 6 nitrogen and oxygen atoms in total. The zero-order chi connectivity index (χ0) is 19.6. The van der Waals surface area contributed by atoms with E-state index >= 15 is 0 Å². The van der Waals surface area contributed by atoms with Gasteiger partial charge in [0.2, 0.25) is 5.91 Å². The largest absolute Gasteiger partial charge is 0.493 e. The summed E-state index contributed by atoms with van der Waals surface area (Å²) >= 11 is 0. The molecular weight excluding hydrogens is 358 g/mol. The second-order valence-corrected chi connectivity index (χ2v) is 5.41. The van der Waals surface area contributed by atoms with Crippen molar-refractivity contribution in [2.75, 3.05) is 13.2 Å². The maximum Gasteiger partial charge on any atom is 0.387 e. The standard InChI is InChI=1S/C19H20F2N2O4/c1-2-26-16-6-4-3-5-15(16)18(25)23-12-17(24)22-11-13-7-9-14(10-8-13)27-19(20)21/h3-10,19H,2,11-12H2,1H3,(H,22,24)(H,23,25). The molecule has 2 aromatic carbocycles. The number of carbonyl (C=O) groups is 2. The Morgan fingerprint density at radius 2 is 1.74 bits per heavy atom. The van der Waals surface area contributed by atoms with Crippen molar-refractivity contribution in [1.29, 1.82) is 0 Å². The molecule has 0 spiro atoms. The van der Waals surface area contributed by atoms with Gasteiger partial charge in [-0.1, -0.05) is 24.3 Å². The first kappa shape index (κ1) is 20.2. The van der Waals surface area contributed by atoms with Crippen LogP contribution in [0.4, 0.5) is 8.78 Å². The highest BCUT2D eigenvalue weighted by Gasteiger charge is 2.13. The highest BCUT2D eigenvalue weighted by molar-refractivity contribution is 5.98. The van der Waals surface area contributed by atoms with Gasteiger partial charge >= 0.3 is 6.61 Å². The number of para-hydroxylation sites is 1. The molecule has 2 aromatic rings. The molecule has 0 saturated heterocycles. The molecule has 0 heterocycles. The number of amides is 2. The lowest BCUT2D eigenvalue weighted by atomic mass is 10.2. The molecular formula is C19H20F2N2O4. The molecule has 0 saturated carbocycles. The first-order valence-electron chi connectivity index (χ1n) is 8.30. The van der Waals surface area contributed by atoms with E-state index in [-0.39, 0.29) is 24.7 Å². The molecule has 0 fully saturated rings. The number of carbonyl (C=O) groups excluding carboxylic acids is 2. The first-order chi connectivity index (χ1) is 13.0. The van der Waals surface area contributed by atoms with E-state index in [0.29, 0.717) is 23.5 Å². The van der Waals surface area contributed by atoms with E-state index in [4.69, 9.17) is 4.74 Å². The number of rotatable bonds is 9. The summed E-state index contributed by atoms with van der Waals surface area (Å²) in [6.45, 7) is -0.655. The number of benzene rings is 2. The fourth-order valence-corrected chi connectivity index (χ4v) is 2.24. The molecule has 2 rings (SSSR count). The van der Waals surface area contributed by atoms with Crippen molar-refractivity contribution >= 4 is 11.8 Å². The lowest BCUT2D eigenvalue weighted by Gasteiger charge is -2.11. The molecule has 0 aliphatic heterocycles. The van der Waals surface area contributed by atoms with Crippen molar-refractivity contribution < 1.29 is 27.8 Å². The average molecular weight is 378 g/mol. The van der Waals surface area contributed by atoms with Crippen molar-refractivity contribution in [1.82, 2.24) is 10.6 Å². The van der Waals surface area contributed by atoms with Crippen LogP contribution in [0.1, 0.15) is 22.8 Å². The molecule has 8 heteroatoms. The second-order valence-electron chi connectivity index (χ2n) is 5.41. The molecule has 2 amide bonds. The van der Waals surface area contributed by atoms with Gasteiger partial charge in [0, 0.05) is 6.54 Å². The van der Waals surface area contributed by atoms with Gasteiger partial charge in [0.25, 0.3) is 5.91 Å². The predicted molar refractivity (Wildman–Crippen MR) is 94.9 cm³/mol. The fourth-order valence-electron chi connectivity index (χ4n) is 2.24. The lowest BCUT2D eigenvalue weighted by molar-refractivity contribution is -0.120. The Labute approximate surface area is 155 Å². The normalized spacial score (nSPS) is 10.4. The molecule has 0 aliphatic rings. The quantitative estimate of drug-likeness (QED) is 0.704. The molecule has 0 unspecified atom stereocenters. The summed E-state index contributed by atoms with van der Waals surface area (Å²) < 4.78 is 33.8. The van der Waals surface area contributed by atoms with Crippen LogP contribution < -0.4 is 20.1 Å². The van der Waals surface area contributed by atoms with Crippen molar-refractivity contribution in [3.63, 3.8) is 0 Å². The molecule has 0 bridgehead atoms. The smallest absolute Gasteiger partial charge is 0.387 e. The highest BCUT2D eigenvalue weighted by atomic mass is 19.3. The third kappa shape index (κ3) is 6.58. The minimum Gasteiger partial charge on any atom is -0.493 e. The van der Waals surface area contributed by atoms with E-state index < -0.39 is 12.5 Å². The van der Waals surface area contributed by atoms with Crippen LogP contribution in [-0.2, 0) is 11.3 Å². The van der Waals surface area contributed by atoms with Gasteiger partial charge in [-0.05, 0) is 36.8 Å². The number of hydrogen-bond acceptors (Lipinski definition) is 4. The van der Waals surface area contributed by atoms with Gasteiger partial charge < -0.3 is 20.1 Å². The van der Waals surface area contributed by atoms with Gasteiger partial charge in [-0.15, -0.1) is 0 Å². The topological polar surface area (TPSA) is 76.7 Å². The van der Waals surface area contributed by atoms with Crippen LogP contribution >= 0.6 is 0 Å². The summed E-state index contributed by atoms with van der Waals surface area (Å²) in [6, 6.07) is 12.7. The summed E-state index contributed by atoms with van der Waals surface area (Å²) in [5, 5.41) is 5.16. The lowest BCUT2D eigenvalue weighted by Crippen LogP contribution is -2.36. The SMILES string of the molecule is CCOc1ccccc1C(=O)NCC(=O)NCc1ccc(OC(F)F)cc1. The van der Waals surface area contributed by atoms with Crippen molar-refractivity contribution in [2.24, 2.45) is 0 Å². The van der Waals surface area contributed by atoms with Gasteiger partial charge in [-0.2, -0.15) is 8.78 Å². The Balaban J connectivity index is 1.80. The summed E-state index contributed by atoms with van der Waals surface area (Å²) in [6.07, 6.45) is 0. The van der Waals surface area contributed by atoms with Gasteiger partial charge in [0.15, 0.2) is 0 Å². The van der Waals surface area contributed by atoms with Crippen LogP contribution in [0, 0.1) is 0 Å². The Morgan fingerprint density at radius 3 is 2.41 bits per heavy atom. The Morgan fingerprint density at radius 1 is 1.04 bits per heavy atom. The van der Waals surface area contributed by atoms with Gasteiger partial charge in [0.05, 0.1) is 18.7 Å². The maximum atomic E-state index is 12.2. The third-order valence-electron chi connectivity index (χ3n) is 3.48. The molecule has 0 radical (unpaired) electrons. The van der Waals surface area contributed by atoms with Crippen molar-refractivity contribution in [2.45, 2.75) is 20.1 Å². The van der Waals surface area contributed by atoms with Gasteiger partial charge in [0.1, 0.15) is 11.5 Å². The maximum absolute atomic E-state index is 12.2. The van der Waals surface area contributed by atoms with Crippen LogP contribution in [-0.4, -0.2) is 31.6 Å². The van der Waals surface area contributed by atoms with E-state index in [1.54, 1.807) is 36.4 Å². The van der Waals surface area contributed by atoms with Crippen molar-refractivity contribution in [3.05, 3.63) is 59.7 Å². The molecule has 0 atom stereocenters. The minimum atomic E-state index is -2.88. The fraction of sp³-hybridized carbons (Fsp3) is 0.263. The second kappa shape index (κ2) is 10.1. The number of ether oxygens (including phenoxy) is 2. The van der Waals surface area contributed by atoms with E-state index in [1.165, 1.54) is 12.1 Å². The Kier molecular flexibility index (Phi) is 7.54. The number of halogens is 2. The average Bonchev–Trinajstić information content (AvgIpc) is 2.66. The summed E-state index contributed by atoms with van der Waals surface area (Å²) in [7, 11) is 0. The molecule has 2 N–H and O–H groups in total. The summed E-state index contributed by atoms with van der Waals surface area (Å²) in [5.41, 5.74) is 1.06. The zero-order valence-electron chi connectivity index (χ0n) is 14.7. The van der Waals surface area contributed by atoms with Gasteiger partial charge in [-0.3, -0.25) is 9.59 Å². The number of hydrogen-bond donors (Lipinski definition) is 2. The number of alkyl halides is 2. The number of nitrogens with one attached hydrogen (secondary N) is 2. The van der Waals surface area contributed by atoms with Crippen LogP contribution in [0.3, 0.4) is 0 Å². The molecule has 0 aromatic heterocycles. The van der Waals surface area contributed by atoms with Crippen LogP contribution in [0.25, 0.3) is 0 Å². The van der Waals surface area contributed by atoms with E-state index in [0.717, 1.165) is 0 Å². The molecule has 144 valence electrons. The van der Waals surface area contributed by atoms with E-state index in [1.807, 2.05) is 6.92 Å². The predicted octanol–water partition coefficient (Wildman–Crippen LogP) is 2.73. The van der Waals surface area contributed by atoms with E-state index in [9.17, 15) is 18.4 Å². The zero-order valence-corrected chi connectivity index (χ0v) is 14.7. The highest BCUT2D eigenvalue weighted by Crippen LogP contribution is 2.17. The third-order valence-corrected chi connectivity index (χ3v) is 3.48. The van der Waals surface area contributed by atoms with Crippen LogP contribution in [0.15, 0.2) is 48.5 Å². The summed E-state index contributed by atoms with van der Waals surface area (Å²) in [4.78, 5) is 24.1. The molecule has 27 heavy (non-hydrogen) atoms. The van der Waals surface area contributed by atoms with Crippen LogP contribution in [0.2, 0.25) is 0 Å². The first-order valence-corrected chi connectivity index (χ1v) is 8.30. The van der Waals surface area contributed by atoms with Gasteiger partial charge in [-0.25, -0.2) is 0 Å². The Hall–Kier alpha value is -3.16. The molecule has 0 aliphatic carbocycles. The Bertz CT molecular complexity index is 767.